The summed E-state index contributed by atoms with van der Waals surface area (Å²) in [6.45, 7) is 4.27. The Balaban J connectivity index is 0.00000300. The number of aryl methyl sites for hydroxylation is 1. The minimum Gasteiger partial charge on any atom is -0.445 e. The number of nitrogens with zero attached hydrogens (tertiary/aromatic N) is 1. The van der Waals surface area contributed by atoms with Gasteiger partial charge in [0, 0.05) is 19.5 Å². The molecule has 2 aromatic rings. The quantitative estimate of drug-likeness (QED) is 0.786. The zero-order valence-electron chi connectivity index (χ0n) is 16.6. The molecule has 0 aromatic heterocycles. The van der Waals surface area contributed by atoms with Crippen LogP contribution in [0.15, 0.2) is 54.6 Å². The molecule has 0 bridgehead atoms. The predicted molar refractivity (Wildman–Crippen MR) is 116 cm³/mol. The van der Waals surface area contributed by atoms with Crippen LogP contribution in [0.3, 0.4) is 0 Å². The van der Waals surface area contributed by atoms with Crippen molar-refractivity contribution in [3.63, 3.8) is 0 Å². The van der Waals surface area contributed by atoms with Crippen LogP contribution in [0.1, 0.15) is 16.7 Å². The molecule has 1 aliphatic heterocycles. The molecule has 6 nitrogen and oxygen atoms in total. The second-order valence-corrected chi connectivity index (χ2v) is 6.89. The van der Waals surface area contributed by atoms with E-state index in [1.54, 1.807) is 4.90 Å². The number of carbonyl (C=O) groups is 2. The number of morpholine rings is 1. The van der Waals surface area contributed by atoms with E-state index in [9.17, 15) is 9.59 Å². The fourth-order valence-corrected chi connectivity index (χ4v) is 3.07. The lowest BCUT2D eigenvalue weighted by atomic mass is 10.0. The highest BCUT2D eigenvalue weighted by atomic mass is 32.1. The van der Waals surface area contributed by atoms with Crippen molar-refractivity contribution in [3.8, 4) is 0 Å². The largest absolute Gasteiger partial charge is 0.445 e. The monoisotopic (exact) mass is 416 g/mol. The fraction of sp³-hybridized carbons (Fsp3) is 0.364. The predicted octanol–water partition coefficient (Wildman–Crippen LogP) is 2.80. The number of rotatable bonds is 6. The van der Waals surface area contributed by atoms with Gasteiger partial charge < -0.3 is 19.7 Å². The number of alkyl carbamates (subject to hydrolysis) is 1. The summed E-state index contributed by atoms with van der Waals surface area (Å²) in [5.74, 6) is -0.111. The first kappa shape index (κ1) is 22.8. The molecule has 29 heavy (non-hydrogen) atoms. The lowest BCUT2D eigenvalue weighted by Crippen LogP contribution is -2.52. The Kier molecular flexibility index (Phi) is 9.02. The maximum Gasteiger partial charge on any atom is 0.408 e. The summed E-state index contributed by atoms with van der Waals surface area (Å²) in [7, 11) is 0. The molecule has 0 unspecified atom stereocenters. The van der Waals surface area contributed by atoms with Crippen molar-refractivity contribution in [2.24, 2.45) is 0 Å². The highest BCUT2D eigenvalue weighted by Gasteiger charge is 2.28. The van der Waals surface area contributed by atoms with E-state index < -0.39 is 12.1 Å². The maximum atomic E-state index is 13.0. The van der Waals surface area contributed by atoms with Crippen LogP contribution < -0.4 is 5.32 Å². The first-order chi connectivity index (χ1) is 13.6. The summed E-state index contributed by atoms with van der Waals surface area (Å²) in [6, 6.07) is 16.7. The molecule has 1 N–H and O–H groups in total. The molecule has 0 radical (unpaired) electrons. The first-order valence-electron chi connectivity index (χ1n) is 9.51. The molecule has 156 valence electrons. The van der Waals surface area contributed by atoms with Crippen LogP contribution in [-0.4, -0.2) is 49.2 Å². The van der Waals surface area contributed by atoms with Gasteiger partial charge >= 0.3 is 6.09 Å². The van der Waals surface area contributed by atoms with Gasteiger partial charge in [0.05, 0.1) is 13.2 Å². The standard InChI is InChI=1S/C22H26N2O4.H2S/c1-17-7-9-18(10-8-17)15-20(21(25)24-11-13-27-14-12-24)23-22(26)28-16-19-5-3-2-4-6-19;/h2-10,20H,11-16H2,1H3,(H,23,26);1H2/t20-;/m0./s1. The Hall–Kier alpha value is -2.51. The average Bonchev–Trinajstić information content (AvgIpc) is 2.74. The van der Waals surface area contributed by atoms with Crippen molar-refractivity contribution in [1.82, 2.24) is 10.2 Å². The molecule has 0 spiro atoms. The number of benzene rings is 2. The molecule has 0 saturated carbocycles. The zero-order chi connectivity index (χ0) is 19.8. The minimum absolute atomic E-state index is 0. The van der Waals surface area contributed by atoms with Crippen LogP contribution in [0.2, 0.25) is 0 Å². The molecule has 1 fully saturated rings. The van der Waals surface area contributed by atoms with E-state index in [0.29, 0.717) is 32.7 Å². The number of ether oxygens (including phenoxy) is 2. The average molecular weight is 417 g/mol. The van der Waals surface area contributed by atoms with Gasteiger partial charge in [-0.05, 0) is 18.1 Å². The molecule has 7 heteroatoms. The van der Waals surface area contributed by atoms with Crippen LogP contribution in [0.4, 0.5) is 4.79 Å². The van der Waals surface area contributed by atoms with Gasteiger partial charge in [-0.2, -0.15) is 13.5 Å². The normalized spacial score (nSPS) is 14.4. The van der Waals surface area contributed by atoms with Gasteiger partial charge in [0.2, 0.25) is 5.91 Å². The number of carbonyl (C=O) groups excluding carboxylic acids is 2. The maximum absolute atomic E-state index is 13.0. The summed E-state index contributed by atoms with van der Waals surface area (Å²) >= 11 is 0. The highest BCUT2D eigenvalue weighted by Crippen LogP contribution is 2.10. The summed E-state index contributed by atoms with van der Waals surface area (Å²) in [5.41, 5.74) is 3.03. The van der Waals surface area contributed by atoms with E-state index in [1.807, 2.05) is 61.5 Å². The van der Waals surface area contributed by atoms with E-state index in [2.05, 4.69) is 5.32 Å². The van der Waals surface area contributed by atoms with Gasteiger partial charge in [0.15, 0.2) is 0 Å². The Morgan fingerprint density at radius 2 is 1.69 bits per heavy atom. The van der Waals surface area contributed by atoms with Crippen LogP contribution in [0, 0.1) is 6.92 Å². The van der Waals surface area contributed by atoms with Crippen molar-refractivity contribution in [2.45, 2.75) is 26.0 Å². The Morgan fingerprint density at radius 1 is 1.03 bits per heavy atom. The zero-order valence-corrected chi connectivity index (χ0v) is 17.6. The lowest BCUT2D eigenvalue weighted by Gasteiger charge is -2.30. The summed E-state index contributed by atoms with van der Waals surface area (Å²) in [4.78, 5) is 27.0. The van der Waals surface area contributed by atoms with Crippen molar-refractivity contribution < 1.29 is 19.1 Å². The SMILES string of the molecule is Cc1ccc(C[C@H](NC(=O)OCc2ccccc2)C(=O)N2CCOCC2)cc1.S. The molecule has 1 heterocycles. The lowest BCUT2D eigenvalue weighted by molar-refractivity contribution is -0.137. The second-order valence-electron chi connectivity index (χ2n) is 6.89. The van der Waals surface area contributed by atoms with E-state index in [-0.39, 0.29) is 26.0 Å². The Bertz CT molecular complexity index is 777. The van der Waals surface area contributed by atoms with Gasteiger partial charge in [0.1, 0.15) is 12.6 Å². The van der Waals surface area contributed by atoms with Crippen LogP contribution in [0.5, 0.6) is 0 Å². The molecule has 2 aromatic carbocycles. The smallest absolute Gasteiger partial charge is 0.408 e. The van der Waals surface area contributed by atoms with Crippen LogP contribution in [-0.2, 0) is 27.3 Å². The molecule has 3 rings (SSSR count). The van der Waals surface area contributed by atoms with Gasteiger partial charge in [0.25, 0.3) is 0 Å². The van der Waals surface area contributed by atoms with Crippen molar-refractivity contribution >= 4 is 25.5 Å². The minimum atomic E-state index is -0.677. The van der Waals surface area contributed by atoms with Crippen molar-refractivity contribution in [2.75, 3.05) is 26.3 Å². The molecule has 1 saturated heterocycles. The fourth-order valence-electron chi connectivity index (χ4n) is 3.07. The van der Waals surface area contributed by atoms with E-state index in [1.165, 1.54) is 0 Å². The number of nitrogens with one attached hydrogen (secondary N) is 1. The molecule has 0 aliphatic carbocycles. The van der Waals surface area contributed by atoms with Crippen molar-refractivity contribution in [1.29, 1.82) is 0 Å². The van der Waals surface area contributed by atoms with E-state index in [4.69, 9.17) is 9.47 Å². The molecular formula is C22H28N2O4S. The van der Waals surface area contributed by atoms with Gasteiger partial charge in [-0.1, -0.05) is 60.2 Å². The number of hydrogen-bond donors (Lipinski definition) is 1. The van der Waals surface area contributed by atoms with Crippen LogP contribution in [0.25, 0.3) is 0 Å². The van der Waals surface area contributed by atoms with Crippen molar-refractivity contribution in [3.05, 3.63) is 71.3 Å². The van der Waals surface area contributed by atoms with Gasteiger partial charge in [-0.3, -0.25) is 4.79 Å². The number of amides is 2. The van der Waals surface area contributed by atoms with E-state index >= 15 is 0 Å². The summed E-state index contributed by atoms with van der Waals surface area (Å²) in [6.07, 6.45) is -0.181. The third-order valence-corrected chi connectivity index (χ3v) is 4.69. The molecule has 1 atom stereocenters. The molecular weight excluding hydrogens is 388 g/mol. The van der Waals surface area contributed by atoms with Gasteiger partial charge in [-0.15, -0.1) is 0 Å². The first-order valence-corrected chi connectivity index (χ1v) is 9.51. The highest BCUT2D eigenvalue weighted by molar-refractivity contribution is 7.59. The van der Waals surface area contributed by atoms with Gasteiger partial charge in [-0.25, -0.2) is 4.79 Å². The second kappa shape index (κ2) is 11.5. The Morgan fingerprint density at radius 3 is 2.34 bits per heavy atom. The van der Waals surface area contributed by atoms with Crippen LogP contribution >= 0.6 is 13.5 Å². The topological polar surface area (TPSA) is 67.9 Å². The Labute approximate surface area is 178 Å². The third kappa shape index (κ3) is 7.11. The summed E-state index contributed by atoms with van der Waals surface area (Å²) < 4.78 is 10.6. The number of hydrogen-bond acceptors (Lipinski definition) is 4. The molecule has 2 amide bonds. The molecule has 1 aliphatic rings. The van der Waals surface area contributed by atoms with E-state index in [0.717, 1.165) is 16.7 Å². The third-order valence-electron chi connectivity index (χ3n) is 4.69. The summed E-state index contributed by atoms with van der Waals surface area (Å²) in [5, 5.41) is 2.75.